The molecule has 2 fully saturated rings. The van der Waals surface area contributed by atoms with E-state index >= 15 is 0 Å². The molecular formula is C12H20N2O3S2. The van der Waals surface area contributed by atoms with Crippen LogP contribution in [0.2, 0.25) is 0 Å². The number of rotatable bonds is 1. The summed E-state index contributed by atoms with van der Waals surface area (Å²) in [7, 11) is 0. The van der Waals surface area contributed by atoms with Crippen molar-refractivity contribution in [2.45, 2.75) is 24.6 Å². The number of nitrogens with zero attached hydrogens (tertiary/aromatic N) is 2. The van der Waals surface area contributed by atoms with Crippen LogP contribution in [0.3, 0.4) is 0 Å². The van der Waals surface area contributed by atoms with Crippen molar-refractivity contribution < 1.29 is 14.7 Å². The number of aliphatic carboxylic acids is 1. The summed E-state index contributed by atoms with van der Waals surface area (Å²) in [5.41, 5.74) is 0. The van der Waals surface area contributed by atoms with Crippen molar-refractivity contribution in [1.82, 2.24) is 9.80 Å². The van der Waals surface area contributed by atoms with Crippen LogP contribution in [0.1, 0.15) is 13.8 Å². The Balaban J connectivity index is 2.06. The van der Waals surface area contributed by atoms with Crippen LogP contribution in [0.4, 0.5) is 4.79 Å². The molecule has 0 aromatic heterocycles. The maximum absolute atomic E-state index is 12.5. The molecule has 2 saturated heterocycles. The van der Waals surface area contributed by atoms with E-state index in [-0.39, 0.29) is 10.8 Å². The minimum atomic E-state index is -0.897. The van der Waals surface area contributed by atoms with Gasteiger partial charge in [0.05, 0.1) is 0 Å². The molecule has 0 aromatic carbocycles. The third kappa shape index (κ3) is 3.51. The number of hydrogen-bond acceptors (Lipinski definition) is 4. The van der Waals surface area contributed by atoms with Crippen molar-refractivity contribution in [3.05, 3.63) is 0 Å². The molecule has 7 heteroatoms. The number of carbonyl (C=O) groups excluding carboxylic acids is 1. The fourth-order valence-corrected chi connectivity index (χ4v) is 4.55. The molecule has 2 aliphatic rings. The summed E-state index contributed by atoms with van der Waals surface area (Å²) < 4.78 is 0.0527. The molecule has 2 rings (SSSR count). The van der Waals surface area contributed by atoms with E-state index in [0.717, 1.165) is 11.5 Å². The summed E-state index contributed by atoms with van der Waals surface area (Å²) in [5.74, 6) is 1.33. The van der Waals surface area contributed by atoms with Crippen LogP contribution in [0.25, 0.3) is 0 Å². The Kier molecular flexibility index (Phi) is 4.55. The summed E-state index contributed by atoms with van der Waals surface area (Å²) in [6.45, 7) is 6.18. The smallest absolute Gasteiger partial charge is 0.327 e. The fraction of sp³-hybridized carbons (Fsp3) is 0.833. The van der Waals surface area contributed by atoms with Gasteiger partial charge in [-0.05, 0) is 13.8 Å². The first-order valence-corrected chi connectivity index (χ1v) is 8.55. The molecule has 1 atom stereocenters. The van der Waals surface area contributed by atoms with Gasteiger partial charge in [-0.25, -0.2) is 9.59 Å². The highest BCUT2D eigenvalue weighted by molar-refractivity contribution is 8.00. The van der Waals surface area contributed by atoms with Crippen molar-refractivity contribution in [3.8, 4) is 0 Å². The first-order valence-electron chi connectivity index (χ1n) is 6.41. The molecule has 0 bridgehead atoms. The molecule has 5 nitrogen and oxygen atoms in total. The van der Waals surface area contributed by atoms with E-state index in [4.69, 9.17) is 0 Å². The summed E-state index contributed by atoms with van der Waals surface area (Å²) >= 11 is 3.46. The number of amides is 2. The Morgan fingerprint density at radius 1 is 1.26 bits per heavy atom. The van der Waals surface area contributed by atoms with Crippen LogP contribution in [-0.2, 0) is 4.79 Å². The third-order valence-corrected chi connectivity index (χ3v) is 5.68. The minimum Gasteiger partial charge on any atom is -0.480 e. The highest BCUT2D eigenvalue weighted by Gasteiger charge is 2.37. The lowest BCUT2D eigenvalue weighted by molar-refractivity contribution is -0.141. The summed E-state index contributed by atoms with van der Waals surface area (Å²) in [6.07, 6.45) is 0. The van der Waals surface area contributed by atoms with Gasteiger partial charge in [0, 0.05) is 41.6 Å². The maximum atomic E-state index is 12.5. The lowest BCUT2D eigenvalue weighted by Crippen LogP contribution is -2.58. The maximum Gasteiger partial charge on any atom is 0.327 e. The third-order valence-electron chi connectivity index (χ3n) is 3.36. The Bertz CT molecular complexity index is 376. The van der Waals surface area contributed by atoms with Crippen LogP contribution < -0.4 is 0 Å². The van der Waals surface area contributed by atoms with Gasteiger partial charge < -0.3 is 14.9 Å². The van der Waals surface area contributed by atoms with Gasteiger partial charge in [-0.1, -0.05) is 0 Å². The molecule has 108 valence electrons. The molecule has 2 heterocycles. The van der Waals surface area contributed by atoms with E-state index in [1.54, 1.807) is 11.8 Å². The topological polar surface area (TPSA) is 60.9 Å². The van der Waals surface area contributed by atoms with Crippen molar-refractivity contribution in [2.75, 3.05) is 36.9 Å². The molecule has 0 saturated carbocycles. The summed E-state index contributed by atoms with van der Waals surface area (Å²) in [6, 6.07) is -0.787. The molecule has 19 heavy (non-hydrogen) atoms. The van der Waals surface area contributed by atoms with Gasteiger partial charge in [-0.2, -0.15) is 23.5 Å². The van der Waals surface area contributed by atoms with Gasteiger partial charge in [0.15, 0.2) is 0 Å². The molecule has 2 aliphatic heterocycles. The normalized spacial score (nSPS) is 27.2. The quantitative estimate of drug-likeness (QED) is 0.794. The van der Waals surface area contributed by atoms with E-state index in [9.17, 15) is 14.7 Å². The second kappa shape index (κ2) is 5.83. The van der Waals surface area contributed by atoms with Crippen LogP contribution in [-0.4, -0.2) is 74.6 Å². The average molecular weight is 304 g/mol. The van der Waals surface area contributed by atoms with Gasteiger partial charge in [0.25, 0.3) is 0 Å². The number of carbonyl (C=O) groups is 2. The lowest BCUT2D eigenvalue weighted by atomic mass is 10.2. The first-order chi connectivity index (χ1) is 8.91. The Morgan fingerprint density at radius 2 is 2.00 bits per heavy atom. The molecular weight excluding hydrogens is 284 g/mol. The zero-order valence-electron chi connectivity index (χ0n) is 11.3. The number of thioether (sulfide) groups is 2. The van der Waals surface area contributed by atoms with Crippen molar-refractivity contribution in [1.29, 1.82) is 0 Å². The minimum absolute atomic E-state index is 0.0527. The second-order valence-corrected chi connectivity index (χ2v) is 8.39. The molecule has 0 aliphatic carbocycles. The number of hydrogen-bond donors (Lipinski definition) is 1. The molecule has 0 spiro atoms. The van der Waals surface area contributed by atoms with Crippen LogP contribution in [0.5, 0.6) is 0 Å². The van der Waals surface area contributed by atoms with E-state index in [1.807, 2.05) is 16.7 Å². The van der Waals surface area contributed by atoms with Crippen LogP contribution in [0, 0.1) is 0 Å². The van der Waals surface area contributed by atoms with E-state index < -0.39 is 12.0 Å². The van der Waals surface area contributed by atoms with Crippen LogP contribution in [0.15, 0.2) is 0 Å². The highest BCUT2D eigenvalue weighted by Crippen LogP contribution is 2.30. The Hall–Kier alpha value is -0.560. The Labute approximate surface area is 122 Å². The zero-order chi connectivity index (χ0) is 14.0. The number of carboxylic acid groups (broad SMARTS) is 1. The van der Waals surface area contributed by atoms with Crippen molar-refractivity contribution in [2.24, 2.45) is 0 Å². The predicted octanol–water partition coefficient (Wildman–Crippen LogP) is 1.44. The Morgan fingerprint density at radius 3 is 2.63 bits per heavy atom. The average Bonchev–Trinajstić information content (AvgIpc) is 2.36. The lowest BCUT2D eigenvalue weighted by Gasteiger charge is -2.42. The zero-order valence-corrected chi connectivity index (χ0v) is 12.9. The predicted molar refractivity (Wildman–Crippen MR) is 79.0 cm³/mol. The fourth-order valence-electron chi connectivity index (χ4n) is 2.40. The standard InChI is InChI=1S/C12H20N2O3S2/c1-12(2)8-13(3-6-19-12)11(17)14-4-5-18-7-9(14)10(15)16/h9H,3-8H2,1-2H3,(H,15,16). The van der Waals surface area contributed by atoms with Crippen molar-refractivity contribution >= 4 is 35.5 Å². The van der Waals surface area contributed by atoms with Crippen molar-refractivity contribution in [3.63, 3.8) is 0 Å². The van der Waals surface area contributed by atoms with Gasteiger partial charge >= 0.3 is 12.0 Å². The monoisotopic (exact) mass is 304 g/mol. The SMILES string of the molecule is CC1(C)CN(C(=O)N2CCSCC2C(=O)O)CCS1. The second-order valence-electron chi connectivity index (χ2n) is 5.43. The van der Waals surface area contributed by atoms with Gasteiger partial charge in [0.2, 0.25) is 0 Å². The van der Waals surface area contributed by atoms with E-state index in [1.165, 1.54) is 4.90 Å². The molecule has 0 aromatic rings. The molecule has 1 unspecified atom stereocenters. The highest BCUT2D eigenvalue weighted by atomic mass is 32.2. The van der Waals surface area contributed by atoms with Crippen LogP contribution >= 0.6 is 23.5 Å². The summed E-state index contributed by atoms with van der Waals surface area (Å²) in [4.78, 5) is 27.1. The molecule has 1 N–H and O–H groups in total. The molecule has 0 radical (unpaired) electrons. The molecule has 2 amide bonds. The van der Waals surface area contributed by atoms with Gasteiger partial charge in [-0.3, -0.25) is 0 Å². The van der Waals surface area contributed by atoms with Gasteiger partial charge in [-0.15, -0.1) is 0 Å². The van der Waals surface area contributed by atoms with E-state index in [2.05, 4.69) is 13.8 Å². The number of urea groups is 1. The number of carboxylic acids is 1. The first kappa shape index (κ1) is 14.8. The van der Waals surface area contributed by atoms with Gasteiger partial charge in [0.1, 0.15) is 6.04 Å². The largest absolute Gasteiger partial charge is 0.480 e. The van der Waals surface area contributed by atoms with E-state index in [0.29, 0.717) is 25.4 Å². The summed E-state index contributed by atoms with van der Waals surface area (Å²) in [5, 5.41) is 9.23.